The van der Waals surface area contributed by atoms with Gasteiger partial charge < -0.3 is 25.0 Å². The van der Waals surface area contributed by atoms with E-state index < -0.39 is 17.4 Å². The number of methoxy groups -OCH3 is 1. The zero-order chi connectivity index (χ0) is 30.0. The number of carbonyl (C=O) groups excluding carboxylic acids is 1. The lowest BCUT2D eigenvalue weighted by Crippen LogP contribution is -2.48. The topological polar surface area (TPSA) is 110 Å². The van der Waals surface area contributed by atoms with Crippen molar-refractivity contribution in [2.75, 3.05) is 63.8 Å². The average molecular weight is 606 g/mol. The molecule has 4 heterocycles. The van der Waals surface area contributed by atoms with Crippen molar-refractivity contribution in [3.05, 3.63) is 47.5 Å². The third-order valence-corrected chi connectivity index (χ3v) is 7.80. The number of alkyl halides is 3. The standard InChI is InChI=1S/C28H31ClF3N7O3/c1-3-24(40)37-9-11-38(12-10-37)26-19-13-21(29)18(25-20(28(30,31)32)6-7-23(33)35-25)14-22(19)34-27(36-26)42-15-17-5-4-8-39(17)16-41-2/h3,6-7,13-14,17H,1,4-5,8-12,15-16H2,2H3,(H2,33,35)/t17-/m0/s1. The second-order valence-corrected chi connectivity index (χ2v) is 10.6. The molecule has 1 atom stereocenters. The van der Waals surface area contributed by atoms with Crippen molar-refractivity contribution in [3.8, 4) is 17.3 Å². The van der Waals surface area contributed by atoms with Gasteiger partial charge in [-0.2, -0.15) is 23.1 Å². The Labute approximate surface area is 245 Å². The van der Waals surface area contributed by atoms with Gasteiger partial charge in [-0.3, -0.25) is 9.69 Å². The third-order valence-electron chi connectivity index (χ3n) is 7.49. The molecule has 2 N–H and O–H groups in total. The third kappa shape index (κ3) is 6.22. The highest BCUT2D eigenvalue weighted by molar-refractivity contribution is 6.34. The minimum absolute atomic E-state index is 0.0304. The van der Waals surface area contributed by atoms with Crippen LogP contribution in [0.25, 0.3) is 22.2 Å². The highest BCUT2D eigenvalue weighted by atomic mass is 35.5. The van der Waals surface area contributed by atoms with Crippen LogP contribution in [0.4, 0.5) is 24.8 Å². The predicted molar refractivity (Wildman–Crippen MR) is 153 cm³/mol. The van der Waals surface area contributed by atoms with Crippen molar-refractivity contribution in [1.82, 2.24) is 24.8 Å². The number of ether oxygens (including phenoxy) is 2. The highest BCUT2D eigenvalue weighted by Crippen LogP contribution is 2.41. The predicted octanol–water partition coefficient (Wildman–Crippen LogP) is 4.23. The molecule has 0 aliphatic carbocycles. The maximum atomic E-state index is 13.9. The van der Waals surface area contributed by atoms with Gasteiger partial charge in [-0.1, -0.05) is 18.2 Å². The van der Waals surface area contributed by atoms with Gasteiger partial charge in [0.05, 0.1) is 28.5 Å². The van der Waals surface area contributed by atoms with E-state index in [1.165, 1.54) is 18.2 Å². The molecule has 2 fully saturated rings. The van der Waals surface area contributed by atoms with Crippen LogP contribution >= 0.6 is 11.6 Å². The smallest absolute Gasteiger partial charge is 0.418 e. The van der Waals surface area contributed by atoms with Crippen LogP contribution in [0.5, 0.6) is 6.01 Å². The van der Waals surface area contributed by atoms with Gasteiger partial charge in [-0.15, -0.1) is 0 Å². The average Bonchev–Trinajstić information content (AvgIpc) is 3.41. The molecule has 2 aromatic heterocycles. The molecule has 0 bridgehead atoms. The number of nitrogens with two attached hydrogens (primary N) is 1. The number of nitrogens with zero attached hydrogens (tertiary/aromatic N) is 6. The molecule has 10 nitrogen and oxygen atoms in total. The first-order chi connectivity index (χ1) is 20.1. The second-order valence-electron chi connectivity index (χ2n) is 10.2. The molecular formula is C28H31ClF3N7O3. The molecular weight excluding hydrogens is 575 g/mol. The Bertz CT molecular complexity index is 1480. The molecule has 14 heteroatoms. The lowest BCUT2D eigenvalue weighted by molar-refractivity contribution is -0.137. The van der Waals surface area contributed by atoms with Crippen LogP contribution in [-0.2, 0) is 15.7 Å². The molecule has 0 saturated carbocycles. The van der Waals surface area contributed by atoms with Crippen LogP contribution in [-0.4, -0.2) is 89.9 Å². The van der Waals surface area contributed by atoms with E-state index >= 15 is 0 Å². The van der Waals surface area contributed by atoms with Crippen molar-refractivity contribution in [1.29, 1.82) is 0 Å². The summed E-state index contributed by atoms with van der Waals surface area (Å²) in [5.41, 5.74) is 4.77. The summed E-state index contributed by atoms with van der Waals surface area (Å²) in [6.07, 6.45) is -1.48. The fraction of sp³-hybridized carbons (Fsp3) is 0.429. The van der Waals surface area contributed by atoms with E-state index in [1.807, 2.05) is 4.90 Å². The number of hydrogen-bond donors (Lipinski definition) is 1. The summed E-state index contributed by atoms with van der Waals surface area (Å²) in [6.45, 7) is 7.03. The summed E-state index contributed by atoms with van der Waals surface area (Å²) in [7, 11) is 1.64. The normalized spacial score (nSPS) is 18.1. The Morgan fingerprint density at radius 2 is 1.93 bits per heavy atom. The first kappa shape index (κ1) is 29.8. The number of carbonyl (C=O) groups is 1. The zero-order valence-electron chi connectivity index (χ0n) is 23.0. The molecule has 3 aromatic rings. The van der Waals surface area contributed by atoms with Crippen LogP contribution in [0.15, 0.2) is 36.9 Å². The zero-order valence-corrected chi connectivity index (χ0v) is 23.8. The molecule has 2 aliphatic heterocycles. The number of pyridine rings is 1. The number of aromatic nitrogens is 3. The number of anilines is 2. The lowest BCUT2D eigenvalue weighted by atomic mass is 10.0. The summed E-state index contributed by atoms with van der Waals surface area (Å²) in [4.78, 5) is 31.2. The van der Waals surface area contributed by atoms with Crippen molar-refractivity contribution in [3.63, 3.8) is 0 Å². The van der Waals surface area contributed by atoms with Crippen molar-refractivity contribution >= 4 is 40.0 Å². The van der Waals surface area contributed by atoms with E-state index in [-0.39, 0.29) is 34.4 Å². The Morgan fingerprint density at radius 3 is 2.62 bits per heavy atom. The summed E-state index contributed by atoms with van der Waals surface area (Å²) in [6, 6.07) is 5.16. The van der Waals surface area contributed by atoms with Crippen molar-refractivity contribution < 1.29 is 27.4 Å². The fourth-order valence-electron chi connectivity index (χ4n) is 5.37. The van der Waals surface area contributed by atoms with Gasteiger partial charge in [0, 0.05) is 56.8 Å². The number of benzene rings is 1. The summed E-state index contributed by atoms with van der Waals surface area (Å²) in [5.74, 6) is 0.266. The molecule has 2 saturated heterocycles. The van der Waals surface area contributed by atoms with E-state index in [0.717, 1.165) is 31.5 Å². The van der Waals surface area contributed by atoms with Gasteiger partial charge in [-0.05, 0) is 43.2 Å². The number of piperazine rings is 1. The maximum Gasteiger partial charge on any atom is 0.418 e. The van der Waals surface area contributed by atoms with E-state index in [4.69, 9.17) is 31.8 Å². The van der Waals surface area contributed by atoms with Gasteiger partial charge in [-0.25, -0.2) is 4.98 Å². The number of amides is 1. The van der Waals surface area contributed by atoms with E-state index in [1.54, 1.807) is 12.0 Å². The number of likely N-dealkylation sites (tertiary alicyclic amines) is 1. The Kier molecular flexibility index (Phi) is 8.71. The summed E-state index contributed by atoms with van der Waals surface area (Å²) >= 11 is 6.60. The number of halogens is 4. The quantitative estimate of drug-likeness (QED) is 0.377. The van der Waals surface area contributed by atoms with Crippen LogP contribution in [0.1, 0.15) is 18.4 Å². The van der Waals surface area contributed by atoms with Crippen molar-refractivity contribution in [2.45, 2.75) is 25.1 Å². The van der Waals surface area contributed by atoms with Crippen LogP contribution in [0.2, 0.25) is 5.02 Å². The number of fused-ring (bicyclic) bond motifs is 1. The highest BCUT2D eigenvalue weighted by Gasteiger charge is 2.35. The summed E-state index contributed by atoms with van der Waals surface area (Å²) in [5, 5.41) is 0.560. The van der Waals surface area contributed by atoms with Gasteiger partial charge in [0.1, 0.15) is 18.2 Å². The first-order valence-electron chi connectivity index (χ1n) is 13.5. The number of nitrogen functional groups attached to an aromatic ring is 1. The molecule has 224 valence electrons. The van der Waals surface area contributed by atoms with Gasteiger partial charge in [0.15, 0.2) is 0 Å². The van der Waals surface area contributed by atoms with E-state index in [0.29, 0.717) is 56.2 Å². The largest absolute Gasteiger partial charge is 0.462 e. The second kappa shape index (κ2) is 12.3. The number of hydrogen-bond acceptors (Lipinski definition) is 9. The molecule has 0 radical (unpaired) electrons. The van der Waals surface area contributed by atoms with Crippen LogP contribution in [0, 0.1) is 0 Å². The lowest BCUT2D eigenvalue weighted by Gasteiger charge is -2.35. The Hall–Kier alpha value is -3.68. The van der Waals surface area contributed by atoms with Gasteiger partial charge in [0.2, 0.25) is 5.91 Å². The first-order valence-corrected chi connectivity index (χ1v) is 13.8. The van der Waals surface area contributed by atoms with Crippen LogP contribution < -0.4 is 15.4 Å². The Morgan fingerprint density at radius 1 is 1.17 bits per heavy atom. The summed E-state index contributed by atoms with van der Waals surface area (Å²) < 4.78 is 53.1. The van der Waals surface area contributed by atoms with E-state index in [2.05, 4.69) is 21.4 Å². The maximum absolute atomic E-state index is 13.9. The fourth-order valence-corrected chi connectivity index (χ4v) is 5.62. The van der Waals surface area contributed by atoms with Crippen LogP contribution in [0.3, 0.4) is 0 Å². The molecule has 0 spiro atoms. The minimum Gasteiger partial charge on any atom is -0.462 e. The molecule has 42 heavy (non-hydrogen) atoms. The molecule has 2 aliphatic rings. The molecule has 0 unspecified atom stereocenters. The SMILES string of the molecule is C=CC(=O)N1CCN(c2nc(OC[C@@H]3CCCN3COC)nc3cc(-c4nc(N)ccc4C(F)(F)F)c(Cl)cc23)CC1. The number of rotatable bonds is 8. The molecule has 1 aromatic carbocycles. The van der Waals surface area contributed by atoms with E-state index in [9.17, 15) is 18.0 Å². The molecule has 1 amide bonds. The van der Waals surface area contributed by atoms with Gasteiger partial charge in [0.25, 0.3) is 0 Å². The Balaban J connectivity index is 1.56. The monoisotopic (exact) mass is 605 g/mol. The minimum atomic E-state index is -4.68. The molecule has 5 rings (SSSR count). The van der Waals surface area contributed by atoms with Crippen molar-refractivity contribution in [2.24, 2.45) is 0 Å². The van der Waals surface area contributed by atoms with Gasteiger partial charge >= 0.3 is 12.2 Å².